The lowest BCUT2D eigenvalue weighted by atomic mass is 10.0. The number of furan rings is 1. The van der Waals surface area contributed by atoms with Crippen LogP contribution < -0.4 is 4.74 Å². The van der Waals surface area contributed by atoms with E-state index in [1.165, 1.54) is 6.07 Å². The molecule has 136 valence electrons. The highest BCUT2D eigenvalue weighted by Crippen LogP contribution is 2.36. The standard InChI is InChI=1S/C21H20ClFO3/c1-12-7-15(10-19(23)20(12)25-6-4-5-13(2)24)18-11-17(22)9-16-8-14(3)26-21(16)18/h7-11,24H,2,4-6H2,1,3H3. The van der Waals surface area contributed by atoms with Crippen molar-refractivity contribution < 1.29 is 18.7 Å². The van der Waals surface area contributed by atoms with E-state index >= 15 is 0 Å². The molecule has 3 aromatic rings. The fourth-order valence-corrected chi connectivity index (χ4v) is 3.21. The Labute approximate surface area is 156 Å². The Hall–Kier alpha value is -2.46. The Morgan fingerprint density at radius 2 is 2.00 bits per heavy atom. The van der Waals surface area contributed by atoms with Crippen molar-refractivity contribution in [3.63, 3.8) is 0 Å². The third-order valence-electron chi connectivity index (χ3n) is 4.10. The molecule has 3 rings (SSSR count). The van der Waals surface area contributed by atoms with E-state index in [1.54, 1.807) is 13.0 Å². The largest absolute Gasteiger partial charge is 0.513 e. The number of fused-ring (bicyclic) bond motifs is 1. The van der Waals surface area contributed by atoms with E-state index < -0.39 is 5.82 Å². The van der Waals surface area contributed by atoms with Gasteiger partial charge in [-0.1, -0.05) is 18.2 Å². The van der Waals surface area contributed by atoms with Crippen LogP contribution in [0.4, 0.5) is 4.39 Å². The molecular formula is C21H20ClFO3. The maximum absolute atomic E-state index is 14.6. The van der Waals surface area contributed by atoms with Crippen molar-refractivity contribution in [2.24, 2.45) is 0 Å². The first-order valence-corrected chi connectivity index (χ1v) is 8.72. The summed E-state index contributed by atoms with van der Waals surface area (Å²) in [5.74, 6) is 0.636. The number of aliphatic hydroxyl groups excluding tert-OH is 1. The van der Waals surface area contributed by atoms with Crippen LogP contribution >= 0.6 is 11.6 Å². The van der Waals surface area contributed by atoms with Crippen LogP contribution in [0.3, 0.4) is 0 Å². The molecule has 0 aliphatic rings. The number of hydrogen-bond acceptors (Lipinski definition) is 3. The number of benzene rings is 2. The summed E-state index contributed by atoms with van der Waals surface area (Å²) in [4.78, 5) is 0. The molecular weight excluding hydrogens is 355 g/mol. The van der Waals surface area contributed by atoms with Gasteiger partial charge in [-0.15, -0.1) is 0 Å². The van der Waals surface area contributed by atoms with Crippen molar-refractivity contribution in [3.05, 3.63) is 64.8 Å². The van der Waals surface area contributed by atoms with Gasteiger partial charge in [0.2, 0.25) is 0 Å². The summed E-state index contributed by atoms with van der Waals surface area (Å²) in [7, 11) is 0. The number of hydrogen-bond donors (Lipinski definition) is 1. The highest BCUT2D eigenvalue weighted by Gasteiger charge is 2.15. The maximum Gasteiger partial charge on any atom is 0.165 e. The van der Waals surface area contributed by atoms with Gasteiger partial charge in [0.1, 0.15) is 11.3 Å². The molecule has 0 aliphatic heterocycles. The first-order valence-electron chi connectivity index (χ1n) is 8.35. The van der Waals surface area contributed by atoms with Crippen molar-refractivity contribution in [1.29, 1.82) is 0 Å². The number of aryl methyl sites for hydroxylation is 2. The van der Waals surface area contributed by atoms with Crippen molar-refractivity contribution in [3.8, 4) is 16.9 Å². The SMILES string of the molecule is C=C(O)CCCOc1c(C)cc(-c2cc(Cl)cc3cc(C)oc23)cc1F. The normalized spacial score (nSPS) is 11.1. The van der Waals surface area contributed by atoms with E-state index in [0.717, 1.165) is 16.7 Å². The van der Waals surface area contributed by atoms with Crippen LogP contribution in [-0.2, 0) is 0 Å². The lowest BCUT2D eigenvalue weighted by Crippen LogP contribution is -2.02. The Balaban J connectivity index is 1.94. The van der Waals surface area contributed by atoms with Gasteiger partial charge in [0.15, 0.2) is 11.6 Å². The molecule has 1 aromatic heterocycles. The molecule has 0 spiro atoms. The van der Waals surface area contributed by atoms with Crippen molar-refractivity contribution in [1.82, 2.24) is 0 Å². The van der Waals surface area contributed by atoms with E-state index in [2.05, 4.69) is 6.58 Å². The summed E-state index contributed by atoms with van der Waals surface area (Å²) in [5, 5.41) is 10.5. The highest BCUT2D eigenvalue weighted by atomic mass is 35.5. The van der Waals surface area contributed by atoms with Crippen molar-refractivity contribution in [2.45, 2.75) is 26.7 Å². The molecule has 1 heterocycles. The van der Waals surface area contributed by atoms with Gasteiger partial charge in [0.25, 0.3) is 0 Å². The molecule has 0 aliphatic carbocycles. The predicted molar refractivity (Wildman–Crippen MR) is 103 cm³/mol. The summed E-state index contributed by atoms with van der Waals surface area (Å²) in [6, 6.07) is 8.78. The minimum atomic E-state index is -0.445. The predicted octanol–water partition coefficient (Wildman–Crippen LogP) is 6.74. The lowest BCUT2D eigenvalue weighted by molar-refractivity contribution is 0.282. The van der Waals surface area contributed by atoms with Gasteiger partial charge >= 0.3 is 0 Å². The van der Waals surface area contributed by atoms with Crippen LogP contribution in [0.15, 0.2) is 47.1 Å². The minimum absolute atomic E-state index is 0.0971. The van der Waals surface area contributed by atoms with Crippen molar-refractivity contribution in [2.75, 3.05) is 6.61 Å². The van der Waals surface area contributed by atoms with E-state index in [0.29, 0.717) is 41.2 Å². The molecule has 0 saturated carbocycles. The van der Waals surface area contributed by atoms with Crippen LogP contribution in [0.5, 0.6) is 5.75 Å². The molecule has 1 N–H and O–H groups in total. The van der Waals surface area contributed by atoms with Crippen molar-refractivity contribution >= 4 is 22.6 Å². The van der Waals surface area contributed by atoms with Gasteiger partial charge in [-0.05, 0) is 61.7 Å². The second kappa shape index (κ2) is 7.42. The topological polar surface area (TPSA) is 42.6 Å². The molecule has 0 unspecified atom stereocenters. The molecule has 0 bridgehead atoms. The molecule has 0 saturated heterocycles. The van der Waals surface area contributed by atoms with E-state index in [1.807, 2.05) is 25.1 Å². The fraction of sp³-hybridized carbons (Fsp3) is 0.238. The average Bonchev–Trinajstić information content (AvgIpc) is 2.92. The number of rotatable bonds is 6. The molecule has 0 fully saturated rings. The van der Waals surface area contributed by atoms with Gasteiger partial charge in [0.05, 0.1) is 12.4 Å². The van der Waals surface area contributed by atoms with Gasteiger partial charge in [0, 0.05) is 22.4 Å². The number of aliphatic hydroxyl groups is 1. The number of allylic oxidation sites excluding steroid dienone is 1. The van der Waals surface area contributed by atoms with Crippen LogP contribution in [-0.4, -0.2) is 11.7 Å². The van der Waals surface area contributed by atoms with Gasteiger partial charge < -0.3 is 14.3 Å². The molecule has 26 heavy (non-hydrogen) atoms. The zero-order chi connectivity index (χ0) is 18.8. The molecule has 3 nitrogen and oxygen atoms in total. The number of halogens is 2. The Kier molecular flexibility index (Phi) is 5.23. The van der Waals surface area contributed by atoms with Crippen LogP contribution in [0.25, 0.3) is 22.1 Å². The molecule has 0 atom stereocenters. The highest BCUT2D eigenvalue weighted by molar-refractivity contribution is 6.31. The summed E-state index contributed by atoms with van der Waals surface area (Å²) >= 11 is 6.22. The summed E-state index contributed by atoms with van der Waals surface area (Å²) in [5.41, 5.74) is 2.78. The average molecular weight is 375 g/mol. The summed E-state index contributed by atoms with van der Waals surface area (Å²) in [6.45, 7) is 7.38. The van der Waals surface area contributed by atoms with E-state index in [4.69, 9.17) is 25.9 Å². The minimum Gasteiger partial charge on any atom is -0.513 e. The smallest absolute Gasteiger partial charge is 0.165 e. The second-order valence-corrected chi connectivity index (χ2v) is 6.79. The van der Waals surface area contributed by atoms with Crippen LogP contribution in [0.2, 0.25) is 5.02 Å². The third kappa shape index (κ3) is 3.86. The van der Waals surface area contributed by atoms with E-state index in [-0.39, 0.29) is 11.5 Å². The first-order chi connectivity index (χ1) is 12.3. The monoisotopic (exact) mass is 374 g/mol. The second-order valence-electron chi connectivity index (χ2n) is 6.35. The van der Waals surface area contributed by atoms with Gasteiger partial charge in [-0.3, -0.25) is 0 Å². The molecule has 0 radical (unpaired) electrons. The fourth-order valence-electron chi connectivity index (χ4n) is 2.98. The Morgan fingerprint density at radius 3 is 2.69 bits per heavy atom. The van der Waals surface area contributed by atoms with E-state index in [9.17, 15) is 4.39 Å². The zero-order valence-corrected chi connectivity index (χ0v) is 15.5. The van der Waals surface area contributed by atoms with Crippen LogP contribution in [0, 0.1) is 19.7 Å². The molecule has 2 aromatic carbocycles. The quantitative estimate of drug-likeness (QED) is 0.383. The molecule has 0 amide bonds. The zero-order valence-electron chi connectivity index (χ0n) is 14.7. The molecule has 5 heteroatoms. The summed E-state index contributed by atoms with van der Waals surface area (Å²) < 4.78 is 26.0. The maximum atomic E-state index is 14.6. The van der Waals surface area contributed by atoms with Crippen LogP contribution in [0.1, 0.15) is 24.2 Å². The Morgan fingerprint density at radius 1 is 1.23 bits per heavy atom. The summed E-state index contributed by atoms with van der Waals surface area (Å²) in [6.07, 6.45) is 0.994. The lowest BCUT2D eigenvalue weighted by Gasteiger charge is -2.13. The third-order valence-corrected chi connectivity index (χ3v) is 4.32. The van der Waals surface area contributed by atoms with Gasteiger partial charge in [-0.2, -0.15) is 0 Å². The Bertz CT molecular complexity index is 952. The number of ether oxygens (including phenoxy) is 1. The van der Waals surface area contributed by atoms with Gasteiger partial charge in [-0.25, -0.2) is 4.39 Å². The first kappa shape index (κ1) is 18.3.